The molecule has 0 saturated carbocycles. The van der Waals surface area contributed by atoms with Crippen LogP contribution in [0.3, 0.4) is 0 Å². The van der Waals surface area contributed by atoms with Crippen molar-refractivity contribution in [1.29, 1.82) is 0 Å². The van der Waals surface area contributed by atoms with Gasteiger partial charge in [-0.15, -0.1) is 5.43 Å². The van der Waals surface area contributed by atoms with E-state index in [0.29, 0.717) is 5.69 Å². The second-order valence-corrected chi connectivity index (χ2v) is 2.75. The minimum Gasteiger partial charge on any atom is -0.696 e. The van der Waals surface area contributed by atoms with Crippen LogP contribution in [0.2, 0.25) is 0 Å². The molecule has 1 N–H and O–H groups in total. The molecule has 0 radical (unpaired) electrons. The number of nitrogens with one attached hydrogen (secondary N) is 1. The molecule has 1 aromatic rings. The van der Waals surface area contributed by atoms with Crippen LogP contribution >= 0.6 is 0 Å². The summed E-state index contributed by atoms with van der Waals surface area (Å²) in [5, 5.41) is 13.6. The molecule has 0 fully saturated rings. The Bertz CT molecular complexity index is 354. The van der Waals surface area contributed by atoms with E-state index in [1.165, 1.54) is 12.1 Å². The predicted octanol–water partition coefficient (Wildman–Crippen LogP) is 2.62. The maximum atomic E-state index is 12.1. The summed E-state index contributed by atoms with van der Waals surface area (Å²) < 4.78 is 36.4. The van der Waals surface area contributed by atoms with Crippen molar-refractivity contribution >= 4 is 5.69 Å². The molecule has 4 nitrogen and oxygen atoms in total. The molecule has 0 amide bonds. The Kier molecular flexibility index (Phi) is 3.13. The highest BCUT2D eigenvalue weighted by Crippen LogP contribution is 2.29. The molecule has 7 heteroatoms. The SMILES string of the molecule is C/[N+]([O-])=N\Nc1ccc(C(F)(F)F)cc1. The third kappa shape index (κ3) is 3.45. The van der Waals surface area contributed by atoms with Gasteiger partial charge in [-0.25, -0.2) is 0 Å². The van der Waals surface area contributed by atoms with Crippen molar-refractivity contribution < 1.29 is 18.0 Å². The normalized spacial score (nSPS) is 12.7. The van der Waals surface area contributed by atoms with E-state index >= 15 is 0 Å². The summed E-state index contributed by atoms with van der Waals surface area (Å²) in [6, 6.07) is 4.19. The van der Waals surface area contributed by atoms with E-state index in [4.69, 9.17) is 0 Å². The topological polar surface area (TPSA) is 50.5 Å². The molecule has 1 rings (SSSR count). The number of hydrogen-bond donors (Lipinski definition) is 1. The molecule has 0 atom stereocenters. The standard InChI is InChI=1S/C8H8F3N3O/c1-14(15)13-12-7-4-2-6(3-5-7)8(9,10)11/h2-5,12H,1H3/b14-13+. The van der Waals surface area contributed by atoms with Crippen LogP contribution < -0.4 is 5.43 Å². The third-order valence-corrected chi connectivity index (χ3v) is 1.53. The molecule has 1 aromatic carbocycles. The van der Waals surface area contributed by atoms with Crippen LogP contribution in [0.15, 0.2) is 29.5 Å². The minimum atomic E-state index is -4.36. The number of benzene rings is 1. The maximum absolute atomic E-state index is 12.1. The first-order chi connectivity index (χ1) is 6.89. The fraction of sp³-hybridized carbons (Fsp3) is 0.250. The van der Waals surface area contributed by atoms with Gasteiger partial charge in [-0.05, 0) is 24.3 Å². The van der Waals surface area contributed by atoms with Crippen molar-refractivity contribution in [3.63, 3.8) is 0 Å². The average Bonchev–Trinajstić information content (AvgIpc) is 2.14. The quantitative estimate of drug-likeness (QED) is 0.472. The van der Waals surface area contributed by atoms with Gasteiger partial charge < -0.3 is 5.21 Å². The van der Waals surface area contributed by atoms with Crippen LogP contribution in [0.25, 0.3) is 0 Å². The Labute approximate surface area is 83.6 Å². The largest absolute Gasteiger partial charge is 0.696 e. The maximum Gasteiger partial charge on any atom is 0.416 e. The van der Waals surface area contributed by atoms with Gasteiger partial charge in [-0.3, -0.25) is 0 Å². The number of nitrogens with zero attached hydrogens (tertiary/aromatic N) is 2. The Morgan fingerprint density at radius 1 is 1.27 bits per heavy atom. The van der Waals surface area contributed by atoms with E-state index in [2.05, 4.69) is 10.6 Å². The van der Waals surface area contributed by atoms with Gasteiger partial charge in [-0.1, -0.05) is 0 Å². The number of hydrogen-bond acceptors (Lipinski definition) is 2. The zero-order chi connectivity index (χ0) is 11.5. The second kappa shape index (κ2) is 4.16. The van der Waals surface area contributed by atoms with Gasteiger partial charge in [0.1, 0.15) is 12.7 Å². The minimum absolute atomic E-state index is 0.262. The van der Waals surface area contributed by atoms with Crippen molar-refractivity contribution in [3.05, 3.63) is 35.0 Å². The molecule has 82 valence electrons. The second-order valence-electron chi connectivity index (χ2n) is 2.75. The summed E-state index contributed by atoms with van der Waals surface area (Å²) in [5.41, 5.74) is 1.86. The van der Waals surface area contributed by atoms with Crippen LogP contribution in [0.4, 0.5) is 18.9 Å². The molecule has 0 heterocycles. The van der Waals surface area contributed by atoms with Crippen molar-refractivity contribution in [1.82, 2.24) is 0 Å². The molecule has 0 aromatic heterocycles. The van der Waals surface area contributed by atoms with Gasteiger partial charge in [0.2, 0.25) is 0 Å². The molecule has 0 aliphatic carbocycles. The molecule has 0 aliphatic rings. The number of alkyl halides is 3. The zero-order valence-electron chi connectivity index (χ0n) is 7.75. The molecule has 0 spiro atoms. The van der Waals surface area contributed by atoms with E-state index in [1.807, 2.05) is 0 Å². The van der Waals surface area contributed by atoms with E-state index in [9.17, 15) is 18.4 Å². The van der Waals surface area contributed by atoms with Crippen LogP contribution in [0.5, 0.6) is 0 Å². The first kappa shape index (κ1) is 11.3. The van der Waals surface area contributed by atoms with Crippen LogP contribution in [-0.4, -0.2) is 11.9 Å². The molecule has 0 saturated heterocycles. The summed E-state index contributed by atoms with van der Waals surface area (Å²) in [4.78, 5) is 0.262. The highest BCUT2D eigenvalue weighted by atomic mass is 19.4. The van der Waals surface area contributed by atoms with E-state index in [0.717, 1.165) is 19.2 Å². The Balaban J connectivity index is 2.77. The van der Waals surface area contributed by atoms with Crippen molar-refractivity contribution in [2.75, 3.05) is 12.5 Å². The summed E-state index contributed by atoms with van der Waals surface area (Å²) >= 11 is 0. The summed E-state index contributed by atoms with van der Waals surface area (Å²) in [5.74, 6) is 0. The summed E-state index contributed by atoms with van der Waals surface area (Å²) in [7, 11) is 1.15. The predicted molar refractivity (Wildman–Crippen MR) is 47.0 cm³/mol. The molecular formula is C8H8F3N3O. The number of rotatable bonds is 2. The van der Waals surface area contributed by atoms with E-state index < -0.39 is 11.7 Å². The lowest BCUT2D eigenvalue weighted by Crippen LogP contribution is -2.04. The highest BCUT2D eigenvalue weighted by molar-refractivity contribution is 5.44. The van der Waals surface area contributed by atoms with Gasteiger partial charge in [0.25, 0.3) is 0 Å². The van der Waals surface area contributed by atoms with E-state index in [1.54, 1.807) is 0 Å². The van der Waals surface area contributed by atoms with Crippen LogP contribution in [-0.2, 0) is 6.18 Å². The van der Waals surface area contributed by atoms with Gasteiger partial charge in [0.05, 0.1) is 10.8 Å². The first-order valence-electron chi connectivity index (χ1n) is 3.94. The molecule has 15 heavy (non-hydrogen) atoms. The molecule has 0 bridgehead atoms. The Morgan fingerprint density at radius 2 is 1.80 bits per heavy atom. The van der Waals surface area contributed by atoms with E-state index in [-0.39, 0.29) is 4.86 Å². The summed E-state index contributed by atoms with van der Waals surface area (Å²) in [6.45, 7) is 0. The lowest BCUT2D eigenvalue weighted by molar-refractivity contribution is -0.497. The Hall–Kier alpha value is -1.79. The average molecular weight is 219 g/mol. The van der Waals surface area contributed by atoms with Crippen molar-refractivity contribution in [3.8, 4) is 0 Å². The van der Waals surface area contributed by atoms with Gasteiger partial charge in [-0.2, -0.15) is 18.0 Å². The fourth-order valence-electron chi connectivity index (χ4n) is 0.862. The number of hydroxylamine groups is 1. The van der Waals surface area contributed by atoms with Crippen molar-refractivity contribution in [2.45, 2.75) is 6.18 Å². The monoisotopic (exact) mass is 219 g/mol. The molecule has 0 unspecified atom stereocenters. The van der Waals surface area contributed by atoms with Gasteiger partial charge >= 0.3 is 6.18 Å². The highest BCUT2D eigenvalue weighted by Gasteiger charge is 2.30. The zero-order valence-corrected chi connectivity index (χ0v) is 7.75. The van der Waals surface area contributed by atoms with Crippen molar-refractivity contribution in [2.24, 2.45) is 5.22 Å². The summed E-state index contributed by atoms with van der Waals surface area (Å²) in [6.07, 6.45) is -4.36. The number of halogens is 3. The van der Waals surface area contributed by atoms with Crippen LogP contribution in [0, 0.1) is 5.21 Å². The third-order valence-electron chi connectivity index (χ3n) is 1.53. The molecule has 0 aliphatic heterocycles. The van der Waals surface area contributed by atoms with Gasteiger partial charge in [0.15, 0.2) is 0 Å². The Morgan fingerprint density at radius 3 is 2.20 bits per heavy atom. The molecular weight excluding hydrogens is 211 g/mol. The lowest BCUT2D eigenvalue weighted by atomic mass is 10.2. The number of anilines is 1. The van der Waals surface area contributed by atoms with Crippen LogP contribution in [0.1, 0.15) is 5.56 Å². The van der Waals surface area contributed by atoms with Gasteiger partial charge in [0, 0.05) is 0 Å². The lowest BCUT2D eigenvalue weighted by Gasteiger charge is -2.05. The smallest absolute Gasteiger partial charge is 0.416 e. The first-order valence-corrected chi connectivity index (χ1v) is 3.94. The fourth-order valence-corrected chi connectivity index (χ4v) is 0.862.